The zero-order chi connectivity index (χ0) is 20.3. The van der Waals surface area contributed by atoms with Crippen LogP contribution in [0.25, 0.3) is 0 Å². The highest BCUT2D eigenvalue weighted by Crippen LogP contribution is 2.34. The highest BCUT2D eigenvalue weighted by molar-refractivity contribution is 7.80. The van der Waals surface area contributed by atoms with Gasteiger partial charge in [0.25, 0.3) is 0 Å². The maximum Gasteiger partial charge on any atom is 0.241 e. The Balaban J connectivity index is 1.67. The van der Waals surface area contributed by atoms with E-state index in [9.17, 15) is 9.18 Å². The molecule has 1 unspecified atom stereocenters. The molecule has 1 amide bonds. The molecular formula is C21H31FN4OS. The van der Waals surface area contributed by atoms with Crippen LogP contribution in [0.2, 0.25) is 0 Å². The monoisotopic (exact) mass is 406 g/mol. The minimum atomic E-state index is -0.313. The molecule has 1 aromatic rings. The number of amides is 1. The number of hydrogen-bond donors (Lipinski definition) is 2. The van der Waals surface area contributed by atoms with Crippen LogP contribution in [0, 0.1) is 11.7 Å². The quantitative estimate of drug-likeness (QED) is 0.732. The molecule has 1 atom stereocenters. The molecule has 2 saturated heterocycles. The first-order valence-corrected chi connectivity index (χ1v) is 10.7. The van der Waals surface area contributed by atoms with Crippen LogP contribution in [0.15, 0.2) is 24.3 Å². The normalized spacial score (nSPS) is 21.6. The zero-order valence-corrected chi connectivity index (χ0v) is 17.8. The van der Waals surface area contributed by atoms with Crippen molar-refractivity contribution in [2.24, 2.45) is 5.92 Å². The minimum absolute atomic E-state index is 0.119. The Labute approximate surface area is 172 Å². The molecule has 3 rings (SSSR count). The Hall–Kier alpha value is -1.73. The Bertz CT molecular complexity index is 718. The molecule has 5 nitrogen and oxygen atoms in total. The first kappa shape index (κ1) is 21.0. The van der Waals surface area contributed by atoms with Gasteiger partial charge in [-0.1, -0.05) is 39.3 Å². The van der Waals surface area contributed by atoms with E-state index in [-0.39, 0.29) is 29.3 Å². The van der Waals surface area contributed by atoms with E-state index in [2.05, 4.69) is 41.2 Å². The number of nitrogens with zero attached hydrogens (tertiary/aromatic N) is 2. The fourth-order valence-corrected chi connectivity index (χ4v) is 4.44. The molecule has 1 aromatic carbocycles. The molecule has 0 saturated carbocycles. The van der Waals surface area contributed by atoms with Crippen LogP contribution in [0.5, 0.6) is 0 Å². The summed E-state index contributed by atoms with van der Waals surface area (Å²) in [4.78, 5) is 17.1. The van der Waals surface area contributed by atoms with Gasteiger partial charge in [0.05, 0.1) is 17.4 Å². The van der Waals surface area contributed by atoms with Crippen molar-refractivity contribution in [1.82, 2.24) is 15.1 Å². The number of nitrogens with one attached hydrogen (secondary N) is 2. The summed E-state index contributed by atoms with van der Waals surface area (Å²) in [6.07, 6.45) is 3.70. The van der Waals surface area contributed by atoms with Crippen molar-refractivity contribution in [3.05, 3.63) is 30.1 Å². The number of para-hydroxylation sites is 1. The highest BCUT2D eigenvalue weighted by Gasteiger charge is 2.51. The molecule has 0 aliphatic carbocycles. The molecular weight excluding hydrogens is 375 g/mol. The van der Waals surface area contributed by atoms with Crippen LogP contribution < -0.4 is 10.6 Å². The number of anilines is 1. The molecule has 2 heterocycles. The van der Waals surface area contributed by atoms with Gasteiger partial charge in [-0.15, -0.1) is 0 Å². The molecule has 2 fully saturated rings. The third-order valence-electron chi connectivity index (χ3n) is 5.87. The number of hydrogen-bond acceptors (Lipinski definition) is 3. The fourth-order valence-electron chi connectivity index (χ4n) is 4.15. The van der Waals surface area contributed by atoms with Crippen molar-refractivity contribution in [3.63, 3.8) is 0 Å². The lowest BCUT2D eigenvalue weighted by Crippen LogP contribution is -2.60. The van der Waals surface area contributed by atoms with Gasteiger partial charge in [0.15, 0.2) is 5.11 Å². The second kappa shape index (κ2) is 8.74. The molecule has 7 heteroatoms. The molecule has 154 valence electrons. The lowest BCUT2D eigenvalue weighted by Gasteiger charge is -2.45. The molecule has 0 radical (unpaired) electrons. The Morgan fingerprint density at radius 3 is 2.64 bits per heavy atom. The van der Waals surface area contributed by atoms with Crippen molar-refractivity contribution in [3.8, 4) is 0 Å². The molecule has 1 spiro atoms. The van der Waals surface area contributed by atoms with Crippen molar-refractivity contribution < 1.29 is 9.18 Å². The Morgan fingerprint density at radius 1 is 1.36 bits per heavy atom. The maximum absolute atomic E-state index is 13.9. The first-order valence-electron chi connectivity index (χ1n) is 10.3. The van der Waals surface area contributed by atoms with Gasteiger partial charge in [-0.2, -0.15) is 0 Å². The number of thiocarbonyl (C=S) groups is 1. The third kappa shape index (κ3) is 4.15. The number of rotatable bonds is 5. The molecule has 2 aliphatic rings. The van der Waals surface area contributed by atoms with E-state index in [1.807, 2.05) is 0 Å². The average Bonchev–Trinajstić information content (AvgIpc) is 2.94. The summed E-state index contributed by atoms with van der Waals surface area (Å²) in [5, 5.41) is 7.21. The summed E-state index contributed by atoms with van der Waals surface area (Å²) < 4.78 is 13.9. The van der Waals surface area contributed by atoms with Crippen molar-refractivity contribution >= 4 is 28.9 Å². The third-order valence-corrected chi connectivity index (χ3v) is 6.23. The smallest absolute Gasteiger partial charge is 0.241 e. The lowest BCUT2D eigenvalue weighted by atomic mass is 9.95. The predicted octanol–water partition coefficient (Wildman–Crippen LogP) is 3.57. The number of halogens is 1. The summed E-state index contributed by atoms with van der Waals surface area (Å²) in [6.45, 7) is 8.59. The van der Waals surface area contributed by atoms with Crippen molar-refractivity contribution in [2.45, 2.75) is 58.2 Å². The fraction of sp³-hybridized carbons (Fsp3) is 0.619. The summed E-state index contributed by atoms with van der Waals surface area (Å²) in [7, 11) is 0. The number of piperidine rings is 1. The molecule has 0 aromatic heterocycles. The van der Waals surface area contributed by atoms with Crippen LogP contribution in [-0.4, -0.2) is 52.2 Å². The minimum Gasteiger partial charge on any atom is -0.349 e. The number of benzene rings is 1. The van der Waals surface area contributed by atoms with E-state index < -0.39 is 0 Å². The SMILES string of the molecule is CCCCN1C(=O)C(C(C)C)NC12CCN(C(=S)Nc1ccccc1F)CC2. The van der Waals surface area contributed by atoms with Crippen molar-refractivity contribution in [2.75, 3.05) is 25.0 Å². The largest absolute Gasteiger partial charge is 0.349 e. The zero-order valence-electron chi connectivity index (χ0n) is 17.0. The van der Waals surface area contributed by atoms with Gasteiger partial charge in [-0.25, -0.2) is 4.39 Å². The van der Waals surface area contributed by atoms with Gasteiger partial charge in [-0.3, -0.25) is 10.1 Å². The summed E-state index contributed by atoms with van der Waals surface area (Å²) in [5.41, 5.74) is 0.108. The molecule has 2 aliphatic heterocycles. The second-order valence-electron chi connectivity index (χ2n) is 8.14. The Morgan fingerprint density at radius 2 is 2.04 bits per heavy atom. The summed E-state index contributed by atoms with van der Waals surface area (Å²) >= 11 is 5.51. The van der Waals surface area contributed by atoms with Gasteiger partial charge in [0.2, 0.25) is 5.91 Å². The maximum atomic E-state index is 13.9. The van der Waals surface area contributed by atoms with Gasteiger partial charge in [-0.05, 0) is 36.7 Å². The van der Waals surface area contributed by atoms with E-state index in [0.29, 0.717) is 10.8 Å². The van der Waals surface area contributed by atoms with Crippen LogP contribution >= 0.6 is 12.2 Å². The molecule has 0 bridgehead atoms. The first-order chi connectivity index (χ1) is 13.4. The average molecular weight is 407 g/mol. The van der Waals surface area contributed by atoms with E-state index in [1.165, 1.54) is 6.07 Å². The van der Waals surface area contributed by atoms with E-state index in [1.54, 1.807) is 18.2 Å². The summed E-state index contributed by atoms with van der Waals surface area (Å²) in [6, 6.07) is 6.43. The van der Waals surface area contributed by atoms with Gasteiger partial charge in [0.1, 0.15) is 5.82 Å². The predicted molar refractivity (Wildman–Crippen MR) is 115 cm³/mol. The van der Waals surface area contributed by atoms with Crippen LogP contribution in [0.4, 0.5) is 10.1 Å². The van der Waals surface area contributed by atoms with Gasteiger partial charge >= 0.3 is 0 Å². The molecule has 2 N–H and O–H groups in total. The number of carbonyl (C=O) groups is 1. The summed E-state index contributed by atoms with van der Waals surface area (Å²) in [5.74, 6) is 0.175. The van der Waals surface area contributed by atoms with E-state index >= 15 is 0 Å². The lowest BCUT2D eigenvalue weighted by molar-refractivity contribution is -0.133. The van der Waals surface area contributed by atoms with Crippen molar-refractivity contribution in [1.29, 1.82) is 0 Å². The molecule has 28 heavy (non-hydrogen) atoms. The standard InChI is InChI=1S/C21H31FN4OS/c1-4-5-12-26-19(27)18(15(2)3)24-21(26)10-13-25(14-11-21)20(28)23-17-9-7-6-8-16(17)22/h6-9,15,18,24H,4-5,10-14H2,1-3H3,(H,23,28). The number of unbranched alkanes of at least 4 members (excludes halogenated alkanes) is 1. The highest BCUT2D eigenvalue weighted by atomic mass is 32.1. The van der Waals surface area contributed by atoms with Crippen LogP contribution in [-0.2, 0) is 4.79 Å². The topological polar surface area (TPSA) is 47.6 Å². The van der Waals surface area contributed by atoms with Gasteiger partial charge in [0, 0.05) is 32.5 Å². The van der Waals surface area contributed by atoms with Crippen LogP contribution in [0.3, 0.4) is 0 Å². The van der Waals surface area contributed by atoms with Crippen LogP contribution in [0.1, 0.15) is 46.5 Å². The number of likely N-dealkylation sites (tertiary alicyclic amines) is 1. The van der Waals surface area contributed by atoms with Gasteiger partial charge < -0.3 is 15.1 Å². The van der Waals surface area contributed by atoms with E-state index in [0.717, 1.165) is 45.3 Å². The number of carbonyl (C=O) groups excluding carboxylic acids is 1. The van der Waals surface area contributed by atoms with E-state index in [4.69, 9.17) is 12.2 Å². The second-order valence-corrected chi connectivity index (χ2v) is 8.52. The Kier molecular flexibility index (Phi) is 6.55.